The van der Waals surface area contributed by atoms with Crippen LogP contribution in [-0.4, -0.2) is 29.6 Å². The Bertz CT molecular complexity index is 6.00. The molecular formula is HCuF2Na. The minimum atomic E-state index is -1.19. The third kappa shape index (κ3) is 10.1. The summed E-state index contributed by atoms with van der Waals surface area (Å²) in [5, 5.41) is 0. The van der Waals surface area contributed by atoms with Crippen molar-refractivity contribution in [3.8, 4) is 0 Å². The summed E-state index contributed by atoms with van der Waals surface area (Å²) in [5.41, 5.74) is 0. The van der Waals surface area contributed by atoms with Crippen LogP contribution in [0.25, 0.3) is 0 Å². The van der Waals surface area contributed by atoms with E-state index in [1.807, 2.05) is 0 Å². The zero-order valence-electron chi connectivity index (χ0n) is 1.06. The average Bonchev–Trinajstić information content (AvgIpc) is 0.918. The molecule has 0 aliphatic rings. The molecule has 0 rings (SSSR count). The van der Waals surface area contributed by atoms with Crippen LogP contribution in [0.1, 0.15) is 0 Å². The Labute approximate surface area is 52.3 Å². The van der Waals surface area contributed by atoms with Gasteiger partial charge in [0, 0.05) is 0 Å². The van der Waals surface area contributed by atoms with Gasteiger partial charge >= 0.3 is 52.5 Å². The molecule has 0 aliphatic carbocycles. The van der Waals surface area contributed by atoms with Gasteiger partial charge in [0.15, 0.2) is 0 Å². The first-order valence-corrected chi connectivity index (χ1v) is 0.940. The molecule has 0 unspecified atom stereocenters. The van der Waals surface area contributed by atoms with E-state index >= 15 is 0 Å². The van der Waals surface area contributed by atoms with E-state index < -0.39 is 15.9 Å². The molecule has 4 heavy (non-hydrogen) atoms. The quantitative estimate of drug-likeness (QED) is 0.406. The molecule has 0 heterocycles. The summed E-state index contributed by atoms with van der Waals surface area (Å²) in [4.78, 5) is 0. The van der Waals surface area contributed by atoms with Crippen LogP contribution in [0.15, 0.2) is 0 Å². The first kappa shape index (κ1) is 9.03. The summed E-state index contributed by atoms with van der Waals surface area (Å²) in [6.45, 7) is 0. The zero-order chi connectivity index (χ0) is 2.71. The molecule has 0 radical (unpaired) electrons. The molecule has 27 valence electrons. The Morgan fingerprint density at radius 3 is 1.25 bits per heavy atom. The van der Waals surface area contributed by atoms with Gasteiger partial charge in [-0.05, 0) is 0 Å². The third-order valence-corrected chi connectivity index (χ3v) is 0. The monoisotopic (exact) mass is 125 g/mol. The molecule has 4 heteroatoms. The van der Waals surface area contributed by atoms with Crippen molar-refractivity contribution in [3.05, 3.63) is 0 Å². The molecule has 0 aromatic carbocycles. The summed E-state index contributed by atoms with van der Waals surface area (Å²) in [7, 11) is 0. The second-order valence-corrected chi connectivity index (χ2v) is 0.178. The molecule has 0 fully saturated rings. The predicted octanol–water partition coefficient (Wildman–Crippen LogP) is 0.189. The normalized spacial score (nSPS) is 5.50. The van der Waals surface area contributed by atoms with E-state index in [4.69, 9.17) is 0 Å². The van der Waals surface area contributed by atoms with Gasteiger partial charge in [-0.25, -0.2) is 0 Å². The molecule has 0 aliphatic heterocycles. The van der Waals surface area contributed by atoms with Crippen LogP contribution in [0.3, 0.4) is 0 Å². The maximum atomic E-state index is 9.53. The van der Waals surface area contributed by atoms with E-state index in [1.165, 1.54) is 0 Å². The van der Waals surface area contributed by atoms with Crippen molar-refractivity contribution >= 4 is 29.6 Å². The fourth-order valence-electron chi connectivity index (χ4n) is 0. The van der Waals surface area contributed by atoms with Crippen molar-refractivity contribution in [2.24, 2.45) is 0 Å². The average molecular weight is 126 g/mol. The van der Waals surface area contributed by atoms with Crippen LogP contribution >= 0.6 is 0 Å². The van der Waals surface area contributed by atoms with Gasteiger partial charge in [-0.1, -0.05) is 0 Å². The molecule has 0 N–H and O–H groups in total. The Morgan fingerprint density at radius 2 is 1.25 bits per heavy atom. The summed E-state index contributed by atoms with van der Waals surface area (Å²) >= 11 is -1.19. The molecule has 0 spiro atoms. The molecule has 0 aromatic rings. The third-order valence-electron chi connectivity index (χ3n) is 0. The van der Waals surface area contributed by atoms with Crippen molar-refractivity contribution in [2.75, 3.05) is 0 Å². The molecular weight excluding hydrogens is 125 g/mol. The first-order valence-electron chi connectivity index (χ1n) is 0.228. The van der Waals surface area contributed by atoms with Crippen molar-refractivity contribution in [1.82, 2.24) is 0 Å². The van der Waals surface area contributed by atoms with Crippen LogP contribution in [0.2, 0.25) is 0 Å². The SMILES string of the molecule is [F][Cu][F].[NaH]. The van der Waals surface area contributed by atoms with Crippen molar-refractivity contribution in [3.63, 3.8) is 0 Å². The van der Waals surface area contributed by atoms with Gasteiger partial charge in [-0.3, -0.25) is 0 Å². The standard InChI is InChI=1S/Cu.2FH.Na.H/h;2*1H;;/q+2;;;;/p-2. The predicted molar refractivity (Wildman–Crippen MR) is 9.37 cm³/mol. The maximum absolute atomic E-state index is 9.53. The van der Waals surface area contributed by atoms with E-state index in [9.17, 15) is 7.10 Å². The first-order chi connectivity index (χ1) is 1.41. The molecule has 0 aromatic heterocycles. The second kappa shape index (κ2) is 8.83. The number of hydrogen-bond acceptors (Lipinski definition) is 0. The van der Waals surface area contributed by atoms with Crippen LogP contribution in [0.5, 0.6) is 0 Å². The molecule has 0 saturated heterocycles. The van der Waals surface area contributed by atoms with Crippen LogP contribution in [-0.2, 0) is 15.9 Å². The number of rotatable bonds is 0. The fourth-order valence-corrected chi connectivity index (χ4v) is 0. The van der Waals surface area contributed by atoms with Gasteiger partial charge in [0.25, 0.3) is 0 Å². The van der Waals surface area contributed by atoms with E-state index in [0.29, 0.717) is 0 Å². The minimum absolute atomic E-state index is 0. The van der Waals surface area contributed by atoms with Crippen molar-refractivity contribution < 1.29 is 23.0 Å². The summed E-state index contributed by atoms with van der Waals surface area (Å²) in [6, 6.07) is 0. The van der Waals surface area contributed by atoms with Crippen LogP contribution in [0.4, 0.5) is 7.10 Å². The van der Waals surface area contributed by atoms with E-state index in [-0.39, 0.29) is 29.6 Å². The molecule has 0 nitrogen and oxygen atoms in total. The molecule has 0 atom stereocenters. The zero-order valence-corrected chi connectivity index (χ0v) is 2.00. The van der Waals surface area contributed by atoms with Crippen molar-refractivity contribution in [2.45, 2.75) is 0 Å². The Morgan fingerprint density at radius 1 is 1.25 bits per heavy atom. The summed E-state index contributed by atoms with van der Waals surface area (Å²) < 4.78 is 19.1. The molecule has 0 bridgehead atoms. The van der Waals surface area contributed by atoms with Gasteiger partial charge in [-0.15, -0.1) is 0 Å². The Kier molecular flexibility index (Phi) is 20.0. The molecule has 0 amide bonds. The van der Waals surface area contributed by atoms with Gasteiger partial charge in [0.2, 0.25) is 0 Å². The summed E-state index contributed by atoms with van der Waals surface area (Å²) in [6.07, 6.45) is 0. The number of hydrogen-bond donors (Lipinski definition) is 0. The summed E-state index contributed by atoms with van der Waals surface area (Å²) in [5.74, 6) is 0. The van der Waals surface area contributed by atoms with Crippen LogP contribution in [0, 0.1) is 0 Å². The topological polar surface area (TPSA) is 0 Å². The number of halogens is 2. The van der Waals surface area contributed by atoms with Crippen molar-refractivity contribution in [1.29, 1.82) is 0 Å². The van der Waals surface area contributed by atoms with E-state index in [0.717, 1.165) is 0 Å². The van der Waals surface area contributed by atoms with Gasteiger partial charge in [0.05, 0.1) is 0 Å². The fraction of sp³-hybridized carbons (Fsp3) is 0. The van der Waals surface area contributed by atoms with Gasteiger partial charge in [0.1, 0.15) is 0 Å². The Balaban J connectivity index is 0. The molecule has 0 saturated carbocycles. The second-order valence-electron chi connectivity index (χ2n) is 0.0431. The van der Waals surface area contributed by atoms with Crippen LogP contribution < -0.4 is 0 Å². The van der Waals surface area contributed by atoms with E-state index in [2.05, 4.69) is 0 Å². The van der Waals surface area contributed by atoms with E-state index in [1.54, 1.807) is 0 Å². The van der Waals surface area contributed by atoms with Gasteiger partial charge < -0.3 is 0 Å². The van der Waals surface area contributed by atoms with Gasteiger partial charge in [-0.2, -0.15) is 0 Å². The Hall–Kier alpha value is 1.38.